The Hall–Kier alpha value is -2.30. The van der Waals surface area contributed by atoms with Crippen LogP contribution in [-0.2, 0) is 0 Å². The standard InChI is InChI=1S/C17H20N2O3/c1-12-16(22-13(2)18-12)17(20)19-10-6-7-14(19)11-21-15-8-4-3-5-9-15/h3-5,8-9,14H,6-7,10-11H2,1-2H3/t14-/m0/s1. The monoisotopic (exact) mass is 300 g/mol. The topological polar surface area (TPSA) is 55.6 Å². The third kappa shape index (κ3) is 2.98. The van der Waals surface area contributed by atoms with Gasteiger partial charge in [0.25, 0.3) is 5.91 Å². The lowest BCUT2D eigenvalue weighted by atomic mass is 10.2. The Bertz CT molecular complexity index is 651. The van der Waals surface area contributed by atoms with Crippen LogP contribution in [0.3, 0.4) is 0 Å². The summed E-state index contributed by atoms with van der Waals surface area (Å²) in [7, 11) is 0. The zero-order valence-corrected chi connectivity index (χ0v) is 12.9. The molecule has 0 N–H and O–H groups in total. The van der Waals surface area contributed by atoms with Gasteiger partial charge in [-0.3, -0.25) is 4.79 Å². The molecule has 22 heavy (non-hydrogen) atoms. The molecule has 0 unspecified atom stereocenters. The third-order valence-corrected chi connectivity index (χ3v) is 3.92. The second-order valence-corrected chi connectivity index (χ2v) is 5.57. The van der Waals surface area contributed by atoms with Gasteiger partial charge in [0.1, 0.15) is 12.4 Å². The van der Waals surface area contributed by atoms with E-state index >= 15 is 0 Å². The first-order valence-electron chi connectivity index (χ1n) is 7.58. The molecule has 116 valence electrons. The molecule has 5 nitrogen and oxygen atoms in total. The Labute approximate surface area is 129 Å². The lowest BCUT2D eigenvalue weighted by molar-refractivity contribution is 0.0657. The van der Waals surface area contributed by atoms with E-state index in [4.69, 9.17) is 9.15 Å². The van der Waals surface area contributed by atoms with E-state index in [0.717, 1.165) is 25.1 Å². The van der Waals surface area contributed by atoms with Crippen molar-refractivity contribution in [3.8, 4) is 5.75 Å². The lowest BCUT2D eigenvalue weighted by Crippen LogP contribution is -2.39. The number of ether oxygens (including phenoxy) is 1. The van der Waals surface area contributed by atoms with E-state index < -0.39 is 0 Å². The fourth-order valence-electron chi connectivity index (χ4n) is 2.85. The van der Waals surface area contributed by atoms with Crippen LogP contribution in [0.1, 0.15) is 35.0 Å². The first kappa shape index (κ1) is 14.6. The minimum Gasteiger partial charge on any atom is -0.491 e. The van der Waals surface area contributed by atoms with Gasteiger partial charge in [-0.25, -0.2) is 4.98 Å². The highest BCUT2D eigenvalue weighted by Crippen LogP contribution is 2.23. The number of aryl methyl sites for hydroxylation is 2. The summed E-state index contributed by atoms with van der Waals surface area (Å²) in [4.78, 5) is 18.7. The maximum atomic E-state index is 12.6. The van der Waals surface area contributed by atoms with E-state index in [2.05, 4.69) is 4.98 Å². The Morgan fingerprint density at radius 1 is 1.36 bits per heavy atom. The minimum atomic E-state index is -0.0859. The quantitative estimate of drug-likeness (QED) is 0.871. The van der Waals surface area contributed by atoms with Crippen molar-refractivity contribution in [1.82, 2.24) is 9.88 Å². The second-order valence-electron chi connectivity index (χ2n) is 5.57. The van der Waals surface area contributed by atoms with Gasteiger partial charge in [-0.1, -0.05) is 18.2 Å². The molecule has 1 saturated heterocycles. The van der Waals surface area contributed by atoms with Crippen molar-refractivity contribution in [2.75, 3.05) is 13.2 Å². The molecular weight excluding hydrogens is 280 g/mol. The van der Waals surface area contributed by atoms with E-state index in [1.54, 1.807) is 13.8 Å². The minimum absolute atomic E-state index is 0.0810. The molecule has 1 amide bonds. The summed E-state index contributed by atoms with van der Waals surface area (Å²) in [6, 6.07) is 9.75. The number of nitrogens with zero attached hydrogens (tertiary/aromatic N) is 2. The van der Waals surface area contributed by atoms with Crippen molar-refractivity contribution in [1.29, 1.82) is 0 Å². The zero-order chi connectivity index (χ0) is 15.5. The molecule has 1 aromatic heterocycles. The zero-order valence-electron chi connectivity index (χ0n) is 12.9. The average molecular weight is 300 g/mol. The number of amides is 1. The number of carbonyl (C=O) groups excluding carboxylic acids is 1. The summed E-state index contributed by atoms with van der Waals surface area (Å²) < 4.78 is 11.3. The van der Waals surface area contributed by atoms with E-state index in [9.17, 15) is 4.79 Å². The van der Waals surface area contributed by atoms with Crippen LogP contribution in [0, 0.1) is 13.8 Å². The van der Waals surface area contributed by atoms with Gasteiger partial charge in [-0.2, -0.15) is 0 Å². The van der Waals surface area contributed by atoms with Crippen LogP contribution in [-0.4, -0.2) is 35.0 Å². The Balaban J connectivity index is 1.68. The first-order valence-corrected chi connectivity index (χ1v) is 7.58. The molecule has 3 rings (SSSR count). The predicted octanol–water partition coefficient (Wildman–Crippen LogP) is 2.98. The molecule has 0 bridgehead atoms. The van der Waals surface area contributed by atoms with Crippen molar-refractivity contribution in [2.45, 2.75) is 32.7 Å². The normalized spacial score (nSPS) is 17.7. The Kier molecular flexibility index (Phi) is 4.13. The molecule has 1 fully saturated rings. The van der Waals surface area contributed by atoms with E-state index in [1.807, 2.05) is 35.2 Å². The number of likely N-dealkylation sites (tertiary alicyclic amines) is 1. The predicted molar refractivity (Wildman–Crippen MR) is 82.0 cm³/mol. The largest absolute Gasteiger partial charge is 0.491 e. The summed E-state index contributed by atoms with van der Waals surface area (Å²) in [5.74, 6) is 1.62. The number of hydrogen-bond acceptors (Lipinski definition) is 4. The molecule has 1 aliphatic heterocycles. The fourth-order valence-corrected chi connectivity index (χ4v) is 2.85. The number of hydrogen-bond donors (Lipinski definition) is 0. The van der Waals surface area contributed by atoms with Crippen LogP contribution >= 0.6 is 0 Å². The van der Waals surface area contributed by atoms with Crippen LogP contribution < -0.4 is 4.74 Å². The Morgan fingerprint density at radius 2 is 2.14 bits per heavy atom. The summed E-state index contributed by atoms with van der Waals surface area (Å²) in [6.45, 7) is 4.79. The maximum absolute atomic E-state index is 12.6. The first-order chi connectivity index (χ1) is 10.6. The van der Waals surface area contributed by atoms with Gasteiger partial charge in [0.15, 0.2) is 5.89 Å². The van der Waals surface area contributed by atoms with Crippen LogP contribution in [0.4, 0.5) is 0 Å². The number of benzene rings is 1. The summed E-state index contributed by atoms with van der Waals surface area (Å²) in [5.41, 5.74) is 0.650. The molecular formula is C17H20N2O3. The van der Waals surface area contributed by atoms with Crippen molar-refractivity contribution in [3.63, 3.8) is 0 Å². The van der Waals surface area contributed by atoms with Crippen LogP contribution in [0.25, 0.3) is 0 Å². The highest BCUT2D eigenvalue weighted by atomic mass is 16.5. The number of rotatable bonds is 4. The SMILES string of the molecule is Cc1nc(C)c(C(=O)N2CCC[C@H]2COc2ccccc2)o1. The molecule has 2 aromatic rings. The van der Waals surface area contributed by atoms with Crippen LogP contribution in [0.2, 0.25) is 0 Å². The van der Waals surface area contributed by atoms with Crippen LogP contribution in [0.5, 0.6) is 5.75 Å². The third-order valence-electron chi connectivity index (χ3n) is 3.92. The van der Waals surface area contributed by atoms with Gasteiger partial charge >= 0.3 is 0 Å². The van der Waals surface area contributed by atoms with Crippen LogP contribution in [0.15, 0.2) is 34.7 Å². The average Bonchev–Trinajstić information content (AvgIpc) is 3.11. The molecule has 5 heteroatoms. The number of oxazole rings is 1. The molecule has 1 aliphatic rings. The Morgan fingerprint density at radius 3 is 2.82 bits per heavy atom. The number of aromatic nitrogens is 1. The fraction of sp³-hybridized carbons (Fsp3) is 0.412. The molecule has 0 aliphatic carbocycles. The van der Waals surface area contributed by atoms with Gasteiger partial charge < -0.3 is 14.1 Å². The maximum Gasteiger partial charge on any atom is 0.291 e. The second kappa shape index (κ2) is 6.22. The van der Waals surface area contributed by atoms with Crippen molar-refractivity contribution < 1.29 is 13.9 Å². The molecule has 0 radical (unpaired) electrons. The lowest BCUT2D eigenvalue weighted by Gasteiger charge is -2.24. The van der Waals surface area contributed by atoms with E-state index in [0.29, 0.717) is 24.0 Å². The molecule has 0 saturated carbocycles. The molecule has 2 heterocycles. The smallest absolute Gasteiger partial charge is 0.291 e. The van der Waals surface area contributed by atoms with Gasteiger partial charge in [0, 0.05) is 13.5 Å². The highest BCUT2D eigenvalue weighted by molar-refractivity contribution is 5.92. The summed E-state index contributed by atoms with van der Waals surface area (Å²) in [6.07, 6.45) is 1.94. The van der Waals surface area contributed by atoms with Gasteiger partial charge in [-0.15, -0.1) is 0 Å². The highest BCUT2D eigenvalue weighted by Gasteiger charge is 2.32. The van der Waals surface area contributed by atoms with E-state index in [-0.39, 0.29) is 11.9 Å². The molecule has 1 aromatic carbocycles. The molecule has 1 atom stereocenters. The van der Waals surface area contributed by atoms with Gasteiger partial charge in [0.2, 0.25) is 5.76 Å². The summed E-state index contributed by atoms with van der Waals surface area (Å²) in [5, 5.41) is 0. The van der Waals surface area contributed by atoms with Crippen molar-refractivity contribution in [2.24, 2.45) is 0 Å². The number of carbonyl (C=O) groups is 1. The van der Waals surface area contributed by atoms with E-state index in [1.165, 1.54) is 0 Å². The summed E-state index contributed by atoms with van der Waals surface area (Å²) >= 11 is 0. The van der Waals surface area contributed by atoms with Crippen molar-refractivity contribution in [3.05, 3.63) is 47.7 Å². The van der Waals surface area contributed by atoms with Gasteiger partial charge in [0.05, 0.1) is 11.7 Å². The van der Waals surface area contributed by atoms with Gasteiger partial charge in [-0.05, 0) is 31.9 Å². The number of para-hydroxylation sites is 1. The van der Waals surface area contributed by atoms with Crippen molar-refractivity contribution >= 4 is 5.91 Å². The molecule has 0 spiro atoms.